The molecule has 2 aromatic rings. The second-order valence-corrected chi connectivity index (χ2v) is 4.96. The smallest absolute Gasteiger partial charge is 0.323 e. The second kappa shape index (κ2) is 8.38. The van der Waals surface area contributed by atoms with Crippen molar-refractivity contribution < 1.29 is 14.3 Å². The van der Waals surface area contributed by atoms with Crippen LogP contribution in [0.1, 0.15) is 12.5 Å². The van der Waals surface area contributed by atoms with Gasteiger partial charge in [-0.25, -0.2) is 4.79 Å². The number of anilines is 2. The van der Waals surface area contributed by atoms with Crippen molar-refractivity contribution in [2.75, 3.05) is 17.7 Å². The van der Waals surface area contributed by atoms with E-state index in [1.54, 1.807) is 43.7 Å². The van der Waals surface area contributed by atoms with Crippen LogP contribution in [0.2, 0.25) is 0 Å². The number of nitrogens with one attached hydrogen (secondary N) is 3. The quantitative estimate of drug-likeness (QED) is 0.788. The molecule has 0 aromatic heterocycles. The highest BCUT2D eigenvalue weighted by atomic mass is 16.5. The lowest BCUT2D eigenvalue weighted by Gasteiger charge is -2.06. The molecule has 2 rings (SSSR count). The van der Waals surface area contributed by atoms with Gasteiger partial charge in [0.15, 0.2) is 0 Å². The van der Waals surface area contributed by atoms with Crippen molar-refractivity contribution in [2.45, 2.75) is 6.92 Å². The Balaban J connectivity index is 1.83. The van der Waals surface area contributed by atoms with Gasteiger partial charge in [-0.15, -0.1) is 0 Å². The normalized spacial score (nSPS) is 10.2. The van der Waals surface area contributed by atoms with Gasteiger partial charge in [-0.1, -0.05) is 12.1 Å². The molecule has 0 fully saturated rings. The van der Waals surface area contributed by atoms with E-state index in [0.717, 1.165) is 11.3 Å². The van der Waals surface area contributed by atoms with Crippen LogP contribution >= 0.6 is 0 Å². The van der Waals surface area contributed by atoms with Gasteiger partial charge in [-0.3, -0.25) is 4.79 Å². The van der Waals surface area contributed by atoms with E-state index in [2.05, 4.69) is 16.0 Å². The van der Waals surface area contributed by atoms with Crippen molar-refractivity contribution >= 4 is 29.4 Å². The van der Waals surface area contributed by atoms with Gasteiger partial charge in [-0.2, -0.15) is 0 Å². The number of rotatable bonds is 5. The number of amides is 3. The van der Waals surface area contributed by atoms with Crippen molar-refractivity contribution in [3.63, 3.8) is 0 Å². The molecule has 0 saturated heterocycles. The third-order valence-electron chi connectivity index (χ3n) is 3.07. The first-order valence-corrected chi connectivity index (χ1v) is 7.32. The van der Waals surface area contributed by atoms with Crippen LogP contribution in [-0.4, -0.2) is 19.0 Å². The average molecular weight is 325 g/mol. The molecule has 0 radical (unpaired) electrons. The first kappa shape index (κ1) is 17.1. The molecule has 0 atom stereocenters. The maximum Gasteiger partial charge on any atom is 0.323 e. The number of hydrogen-bond donors (Lipinski definition) is 3. The molecule has 6 heteroatoms. The van der Waals surface area contributed by atoms with E-state index in [9.17, 15) is 9.59 Å². The minimum atomic E-state index is -0.355. The molecule has 0 saturated carbocycles. The van der Waals surface area contributed by atoms with E-state index < -0.39 is 0 Å². The van der Waals surface area contributed by atoms with E-state index in [1.165, 1.54) is 6.92 Å². The highest BCUT2D eigenvalue weighted by Gasteiger charge is 2.00. The fourth-order valence-corrected chi connectivity index (χ4v) is 1.94. The average Bonchev–Trinajstić information content (AvgIpc) is 2.57. The molecule has 0 heterocycles. The minimum Gasteiger partial charge on any atom is -0.497 e. The number of methoxy groups -OCH3 is 1. The maximum atomic E-state index is 11.8. The number of ether oxygens (including phenoxy) is 1. The summed E-state index contributed by atoms with van der Waals surface area (Å²) in [4.78, 5) is 22.7. The number of urea groups is 1. The van der Waals surface area contributed by atoms with Crippen LogP contribution < -0.4 is 20.7 Å². The Bertz CT molecular complexity index is 722. The largest absolute Gasteiger partial charge is 0.497 e. The molecule has 2 aromatic carbocycles. The van der Waals surface area contributed by atoms with E-state index in [4.69, 9.17) is 4.74 Å². The highest BCUT2D eigenvalue weighted by Crippen LogP contribution is 2.14. The summed E-state index contributed by atoms with van der Waals surface area (Å²) in [6.07, 6.45) is 3.34. The molecule has 0 aliphatic rings. The van der Waals surface area contributed by atoms with E-state index in [1.807, 2.05) is 24.3 Å². The molecule has 3 amide bonds. The van der Waals surface area contributed by atoms with E-state index >= 15 is 0 Å². The summed E-state index contributed by atoms with van der Waals surface area (Å²) >= 11 is 0. The van der Waals surface area contributed by atoms with Crippen LogP contribution in [0.4, 0.5) is 16.2 Å². The van der Waals surface area contributed by atoms with Crippen molar-refractivity contribution in [3.8, 4) is 5.75 Å². The minimum absolute atomic E-state index is 0.142. The lowest BCUT2D eigenvalue weighted by Crippen LogP contribution is -2.23. The second-order valence-electron chi connectivity index (χ2n) is 4.96. The Labute approximate surface area is 140 Å². The maximum absolute atomic E-state index is 11.8. The summed E-state index contributed by atoms with van der Waals surface area (Å²) in [5, 5.41) is 7.97. The van der Waals surface area contributed by atoms with Crippen molar-refractivity contribution in [2.24, 2.45) is 0 Å². The standard InChI is InChI=1S/C18H19N3O3/c1-13(22)20-15-5-7-16(8-6-15)21-18(23)19-12-11-14-3-9-17(24-2)10-4-14/h3-12H,1-2H3,(H,20,22)(H2,19,21,23)/b12-11+. The van der Waals surface area contributed by atoms with Crippen molar-refractivity contribution in [1.29, 1.82) is 0 Å². The summed E-state index contributed by atoms with van der Waals surface area (Å²) in [7, 11) is 1.61. The van der Waals surface area contributed by atoms with E-state index in [-0.39, 0.29) is 11.9 Å². The Morgan fingerprint density at radius 3 is 2.04 bits per heavy atom. The summed E-state index contributed by atoms with van der Waals surface area (Å²) in [6.45, 7) is 1.44. The van der Waals surface area contributed by atoms with Crippen LogP contribution in [-0.2, 0) is 4.79 Å². The number of carbonyl (C=O) groups excluding carboxylic acids is 2. The van der Waals surface area contributed by atoms with E-state index in [0.29, 0.717) is 11.4 Å². The highest BCUT2D eigenvalue weighted by molar-refractivity contribution is 5.91. The lowest BCUT2D eigenvalue weighted by atomic mass is 10.2. The molecule has 0 aliphatic heterocycles. The fourth-order valence-electron chi connectivity index (χ4n) is 1.94. The molecule has 3 N–H and O–H groups in total. The van der Waals surface area contributed by atoms with Gasteiger partial charge in [0, 0.05) is 24.5 Å². The van der Waals surface area contributed by atoms with Gasteiger partial charge < -0.3 is 20.7 Å². The SMILES string of the molecule is COc1ccc(/C=C/NC(=O)Nc2ccc(NC(C)=O)cc2)cc1. The zero-order chi connectivity index (χ0) is 17.4. The van der Waals surface area contributed by atoms with Crippen molar-refractivity contribution in [1.82, 2.24) is 5.32 Å². The van der Waals surface area contributed by atoms with Gasteiger partial charge in [0.1, 0.15) is 5.75 Å². The van der Waals surface area contributed by atoms with Crippen molar-refractivity contribution in [3.05, 3.63) is 60.3 Å². The molecule has 0 unspecified atom stereocenters. The van der Waals surface area contributed by atoms with Gasteiger partial charge >= 0.3 is 6.03 Å². The van der Waals surface area contributed by atoms with Crippen LogP contribution in [0.25, 0.3) is 6.08 Å². The lowest BCUT2D eigenvalue weighted by molar-refractivity contribution is -0.114. The summed E-state index contributed by atoms with van der Waals surface area (Å²) < 4.78 is 5.08. The Morgan fingerprint density at radius 2 is 1.50 bits per heavy atom. The molecule has 124 valence electrons. The Hall–Kier alpha value is -3.28. The molecular weight excluding hydrogens is 306 g/mol. The summed E-state index contributed by atoms with van der Waals surface area (Å²) in [5.41, 5.74) is 2.24. The number of hydrogen-bond acceptors (Lipinski definition) is 3. The predicted octanol–water partition coefficient (Wildman–Crippen LogP) is 3.45. The monoisotopic (exact) mass is 325 g/mol. The first-order chi connectivity index (χ1) is 11.6. The zero-order valence-electron chi connectivity index (χ0n) is 13.5. The number of benzene rings is 2. The van der Waals surface area contributed by atoms with Crippen LogP contribution in [0, 0.1) is 0 Å². The molecule has 24 heavy (non-hydrogen) atoms. The summed E-state index contributed by atoms with van der Waals surface area (Å²) in [6, 6.07) is 13.9. The van der Waals surface area contributed by atoms with Gasteiger partial charge in [0.25, 0.3) is 0 Å². The Kier molecular flexibility index (Phi) is 5.96. The molecule has 0 bridgehead atoms. The molecular formula is C18H19N3O3. The van der Waals surface area contributed by atoms with Gasteiger partial charge in [0.2, 0.25) is 5.91 Å². The van der Waals surface area contributed by atoms with Crippen LogP contribution in [0.3, 0.4) is 0 Å². The Morgan fingerprint density at radius 1 is 0.917 bits per heavy atom. The van der Waals surface area contributed by atoms with Crippen LogP contribution in [0.5, 0.6) is 5.75 Å². The first-order valence-electron chi connectivity index (χ1n) is 7.32. The number of carbonyl (C=O) groups is 2. The molecule has 0 aliphatic carbocycles. The topological polar surface area (TPSA) is 79.5 Å². The third-order valence-corrected chi connectivity index (χ3v) is 3.07. The third kappa shape index (κ3) is 5.49. The van der Waals surface area contributed by atoms with Gasteiger partial charge in [0.05, 0.1) is 7.11 Å². The molecule has 0 spiro atoms. The van der Waals surface area contributed by atoms with Crippen LogP contribution in [0.15, 0.2) is 54.7 Å². The fraction of sp³-hybridized carbons (Fsp3) is 0.111. The zero-order valence-corrected chi connectivity index (χ0v) is 13.5. The molecule has 6 nitrogen and oxygen atoms in total. The predicted molar refractivity (Wildman–Crippen MR) is 94.9 cm³/mol. The van der Waals surface area contributed by atoms with Gasteiger partial charge in [-0.05, 0) is 48.0 Å². The summed E-state index contributed by atoms with van der Waals surface area (Å²) in [5.74, 6) is 0.637.